The standard InChI is InChI=1S/C56H43BN2OS2/c1-55(2,3)32-24-26-44-39(28-32)57-40-29-33(56(4,5)6)25-27-45(40)62-47-31-35(30-46(61-44)51(47)57)59-41-21-13-10-18-36(41)48-52-49(54-50(53(48)59)38-20-12-15-23-43(38)60-54)37-19-11-14-22-42(37)58(52)34-16-8-7-9-17-34/h7-31H,1-6H3. The lowest BCUT2D eigenvalue weighted by molar-refractivity contribution is 0.590. The Morgan fingerprint density at radius 2 is 0.935 bits per heavy atom. The minimum absolute atomic E-state index is 0.0446. The van der Waals surface area contributed by atoms with Gasteiger partial charge in [0.1, 0.15) is 11.2 Å². The molecule has 6 heteroatoms. The van der Waals surface area contributed by atoms with Gasteiger partial charge in [0.15, 0.2) is 0 Å². The lowest BCUT2D eigenvalue weighted by atomic mass is 9.36. The van der Waals surface area contributed by atoms with Crippen LogP contribution in [0, 0.1) is 0 Å². The van der Waals surface area contributed by atoms with Crippen molar-refractivity contribution < 1.29 is 4.42 Å². The summed E-state index contributed by atoms with van der Waals surface area (Å²) in [5.74, 6) is 0. The van der Waals surface area contributed by atoms with Crippen LogP contribution >= 0.6 is 23.5 Å². The van der Waals surface area contributed by atoms with E-state index in [0.717, 1.165) is 33.0 Å². The van der Waals surface area contributed by atoms with Gasteiger partial charge in [-0.15, -0.1) is 0 Å². The van der Waals surface area contributed by atoms with E-state index in [-0.39, 0.29) is 17.5 Å². The molecule has 62 heavy (non-hydrogen) atoms. The maximum Gasteiger partial charge on any atom is 0.247 e. The quantitative estimate of drug-likeness (QED) is 0.162. The fourth-order valence-corrected chi connectivity index (χ4v) is 13.0. The first-order chi connectivity index (χ1) is 30.0. The average Bonchev–Trinajstić information content (AvgIpc) is 3.93. The fraction of sp³-hybridized carbons (Fsp3) is 0.143. The monoisotopic (exact) mass is 834 g/mol. The third kappa shape index (κ3) is 5.05. The minimum Gasteiger partial charge on any atom is -0.455 e. The normalized spacial score (nSPS) is 13.8. The van der Waals surface area contributed by atoms with Crippen LogP contribution in [0.4, 0.5) is 0 Å². The molecule has 13 rings (SSSR count). The lowest BCUT2D eigenvalue weighted by Crippen LogP contribution is -2.58. The van der Waals surface area contributed by atoms with Crippen molar-refractivity contribution in [3.63, 3.8) is 0 Å². The molecule has 0 spiro atoms. The molecule has 0 saturated heterocycles. The van der Waals surface area contributed by atoms with Crippen molar-refractivity contribution in [1.82, 2.24) is 9.13 Å². The first-order valence-corrected chi connectivity index (χ1v) is 23.3. The van der Waals surface area contributed by atoms with Crippen LogP contribution in [0.3, 0.4) is 0 Å². The molecule has 0 bridgehead atoms. The van der Waals surface area contributed by atoms with Crippen LogP contribution < -0.4 is 16.4 Å². The summed E-state index contributed by atoms with van der Waals surface area (Å²) in [6, 6.07) is 56.8. The Bertz CT molecular complexity index is 3640. The number of nitrogens with zero attached hydrogens (tertiary/aromatic N) is 2. The minimum atomic E-state index is 0.0446. The molecule has 0 unspecified atom stereocenters. The van der Waals surface area contributed by atoms with Gasteiger partial charge < -0.3 is 13.6 Å². The van der Waals surface area contributed by atoms with Crippen molar-refractivity contribution >= 4 is 112 Å². The number of benzene rings is 8. The molecule has 0 aliphatic carbocycles. The lowest BCUT2D eigenvalue weighted by Gasteiger charge is -2.35. The van der Waals surface area contributed by atoms with E-state index in [0.29, 0.717) is 0 Å². The summed E-state index contributed by atoms with van der Waals surface area (Å²) in [6.45, 7) is 14.1. The Hall–Kier alpha value is -6.08. The number of para-hydroxylation sites is 4. The van der Waals surface area contributed by atoms with Crippen molar-refractivity contribution in [3.8, 4) is 11.4 Å². The zero-order chi connectivity index (χ0) is 41.8. The third-order valence-electron chi connectivity index (χ3n) is 13.5. The number of rotatable bonds is 2. The number of hydrogen-bond acceptors (Lipinski definition) is 3. The Morgan fingerprint density at radius 3 is 1.52 bits per heavy atom. The maximum atomic E-state index is 7.09. The summed E-state index contributed by atoms with van der Waals surface area (Å²) in [5.41, 5.74) is 16.0. The molecule has 5 heterocycles. The van der Waals surface area contributed by atoms with Gasteiger partial charge in [-0.2, -0.15) is 0 Å². The smallest absolute Gasteiger partial charge is 0.247 e. The molecule has 0 fully saturated rings. The van der Waals surface area contributed by atoms with Crippen LogP contribution in [0.5, 0.6) is 0 Å². The van der Waals surface area contributed by atoms with Crippen molar-refractivity contribution in [3.05, 3.63) is 163 Å². The van der Waals surface area contributed by atoms with E-state index < -0.39 is 0 Å². The largest absolute Gasteiger partial charge is 0.455 e. The number of furan rings is 1. The zero-order valence-electron chi connectivity index (χ0n) is 35.6. The van der Waals surface area contributed by atoms with Gasteiger partial charge >= 0.3 is 0 Å². The predicted octanol–water partition coefficient (Wildman–Crippen LogP) is 13.8. The van der Waals surface area contributed by atoms with Crippen LogP contribution in [-0.2, 0) is 10.8 Å². The van der Waals surface area contributed by atoms with E-state index in [1.165, 1.54) is 91.0 Å². The van der Waals surface area contributed by atoms with Gasteiger partial charge in [0.05, 0.1) is 32.8 Å². The van der Waals surface area contributed by atoms with Gasteiger partial charge in [0.2, 0.25) is 6.71 Å². The second-order valence-corrected chi connectivity index (χ2v) is 21.5. The highest BCUT2D eigenvalue weighted by Crippen LogP contribution is 2.50. The molecule has 0 amide bonds. The summed E-state index contributed by atoms with van der Waals surface area (Å²) in [6.07, 6.45) is 0. The summed E-state index contributed by atoms with van der Waals surface area (Å²) in [7, 11) is 0. The van der Waals surface area contributed by atoms with Gasteiger partial charge in [-0.05, 0) is 82.0 Å². The number of fused-ring (bicyclic) bond motifs is 16. The molecule has 2 aliphatic rings. The number of hydrogen-bond donors (Lipinski definition) is 0. The van der Waals surface area contributed by atoms with Crippen molar-refractivity contribution in [1.29, 1.82) is 0 Å². The summed E-state index contributed by atoms with van der Waals surface area (Å²) < 4.78 is 12.1. The first kappa shape index (κ1) is 36.6. The first-order valence-electron chi connectivity index (χ1n) is 21.7. The second kappa shape index (κ2) is 12.7. The van der Waals surface area contributed by atoms with Crippen LogP contribution in [-0.4, -0.2) is 15.8 Å². The van der Waals surface area contributed by atoms with Gasteiger partial charge in [0, 0.05) is 52.5 Å². The SMILES string of the molecule is CC(C)(C)c1ccc2c(c1)B1c3cc(C(C)(C)C)ccc3Sc3cc(-n4c5ccccc5c5c6c(c7ccccc7n6-c6ccccc6)c6oc7ccccc7c6c54)cc(c31)S2. The van der Waals surface area contributed by atoms with E-state index in [9.17, 15) is 0 Å². The fourth-order valence-electron chi connectivity index (χ4n) is 10.5. The second-order valence-electron chi connectivity index (χ2n) is 19.3. The molecular weight excluding hydrogens is 792 g/mol. The van der Waals surface area contributed by atoms with E-state index in [2.05, 4.69) is 202 Å². The molecular formula is C56H43BN2OS2. The predicted molar refractivity (Wildman–Crippen MR) is 266 cm³/mol. The van der Waals surface area contributed by atoms with Gasteiger partial charge in [-0.3, -0.25) is 0 Å². The summed E-state index contributed by atoms with van der Waals surface area (Å²) in [5, 5.41) is 7.08. The Kier molecular flexibility index (Phi) is 7.52. The summed E-state index contributed by atoms with van der Waals surface area (Å²) >= 11 is 3.88. The van der Waals surface area contributed by atoms with Gasteiger partial charge in [-0.1, -0.05) is 173 Å². The van der Waals surface area contributed by atoms with Gasteiger partial charge in [-0.25, -0.2) is 0 Å². The van der Waals surface area contributed by atoms with Crippen molar-refractivity contribution in [2.24, 2.45) is 0 Å². The summed E-state index contributed by atoms with van der Waals surface area (Å²) in [4.78, 5) is 5.35. The van der Waals surface area contributed by atoms with Crippen molar-refractivity contribution in [2.75, 3.05) is 0 Å². The molecule has 8 aromatic carbocycles. The van der Waals surface area contributed by atoms with Crippen LogP contribution in [0.2, 0.25) is 0 Å². The molecule has 298 valence electrons. The molecule has 0 N–H and O–H groups in total. The Labute approximate surface area is 369 Å². The molecule has 11 aromatic rings. The maximum absolute atomic E-state index is 7.09. The van der Waals surface area contributed by atoms with E-state index >= 15 is 0 Å². The van der Waals surface area contributed by atoms with Crippen molar-refractivity contribution in [2.45, 2.75) is 72.0 Å². The third-order valence-corrected chi connectivity index (χ3v) is 15.8. The highest BCUT2D eigenvalue weighted by Gasteiger charge is 2.40. The topological polar surface area (TPSA) is 23.0 Å². The van der Waals surface area contributed by atoms with E-state index in [1.807, 2.05) is 23.5 Å². The average molecular weight is 835 g/mol. The molecule has 3 aromatic heterocycles. The van der Waals surface area contributed by atoms with E-state index in [1.54, 1.807) is 0 Å². The molecule has 3 nitrogen and oxygen atoms in total. The Balaban J connectivity index is 1.17. The highest BCUT2D eigenvalue weighted by molar-refractivity contribution is 8.01. The molecule has 0 saturated carbocycles. The Morgan fingerprint density at radius 1 is 0.452 bits per heavy atom. The number of aromatic nitrogens is 2. The van der Waals surface area contributed by atoms with Crippen LogP contribution in [0.25, 0.3) is 76.9 Å². The molecule has 2 aliphatic heterocycles. The van der Waals surface area contributed by atoms with Crippen LogP contribution in [0.15, 0.2) is 176 Å². The van der Waals surface area contributed by atoms with Gasteiger partial charge in [0.25, 0.3) is 0 Å². The molecule has 0 radical (unpaired) electrons. The zero-order valence-corrected chi connectivity index (χ0v) is 37.3. The highest BCUT2D eigenvalue weighted by atomic mass is 32.2. The van der Waals surface area contributed by atoms with Crippen LogP contribution in [0.1, 0.15) is 52.7 Å². The van der Waals surface area contributed by atoms with E-state index in [4.69, 9.17) is 4.42 Å². The molecule has 0 atom stereocenters.